The Labute approximate surface area is 160 Å². The Hall–Kier alpha value is -1.27. The predicted molar refractivity (Wildman–Crippen MR) is 78.0 cm³/mol. The molecule has 0 fully saturated rings. The monoisotopic (exact) mass is 388 g/mol. The first-order chi connectivity index (χ1) is 9.83. The van der Waals surface area contributed by atoms with E-state index in [0.717, 1.165) is 36.1 Å². The standard InChI is InChI=1S/C15H17N5.2ClH.V/c1-3-19-10-8-16-14(19)12-6-5-7-13(18-12)15-17-9-11-20(15)4-2;;;/h5-11H,3-4H2,1-2H3;2*1H;/q;;;+2/p-2. The van der Waals surface area contributed by atoms with Crippen LogP contribution in [0.15, 0.2) is 43.0 Å². The van der Waals surface area contributed by atoms with Gasteiger partial charge in [-0.15, -0.1) is 0 Å². The zero-order chi connectivity index (χ0) is 13.9. The van der Waals surface area contributed by atoms with Gasteiger partial charge < -0.3 is 33.9 Å². The van der Waals surface area contributed by atoms with Crippen LogP contribution in [0.25, 0.3) is 23.0 Å². The van der Waals surface area contributed by atoms with Crippen molar-refractivity contribution < 1.29 is 43.4 Å². The molecule has 0 aliphatic heterocycles. The van der Waals surface area contributed by atoms with E-state index in [1.165, 1.54) is 0 Å². The molecule has 0 amide bonds. The van der Waals surface area contributed by atoms with E-state index in [0.29, 0.717) is 0 Å². The van der Waals surface area contributed by atoms with Gasteiger partial charge in [0.05, 0.1) is 0 Å². The Bertz CT molecular complexity index is 668. The van der Waals surface area contributed by atoms with E-state index in [4.69, 9.17) is 4.98 Å². The van der Waals surface area contributed by atoms with Crippen LogP contribution in [0.3, 0.4) is 0 Å². The number of aryl methyl sites for hydroxylation is 2. The van der Waals surface area contributed by atoms with Crippen LogP contribution in [0.2, 0.25) is 0 Å². The average Bonchev–Trinajstić information content (AvgIpc) is 3.15. The van der Waals surface area contributed by atoms with Crippen molar-refractivity contribution in [3.8, 4) is 23.0 Å². The summed E-state index contributed by atoms with van der Waals surface area (Å²) in [6, 6.07) is 5.97. The van der Waals surface area contributed by atoms with Crippen LogP contribution in [0, 0.1) is 0 Å². The average molecular weight is 389 g/mol. The van der Waals surface area contributed by atoms with E-state index in [2.05, 4.69) is 32.9 Å². The number of rotatable bonds is 4. The fraction of sp³-hybridized carbons (Fsp3) is 0.267. The van der Waals surface area contributed by atoms with E-state index in [-0.39, 0.29) is 43.4 Å². The predicted octanol–water partition coefficient (Wildman–Crippen LogP) is -3.15. The molecule has 3 aromatic heterocycles. The number of halogens is 2. The third-order valence-electron chi connectivity index (χ3n) is 3.32. The van der Waals surface area contributed by atoms with Crippen LogP contribution < -0.4 is 24.8 Å². The van der Waals surface area contributed by atoms with Gasteiger partial charge in [-0.25, -0.2) is 15.0 Å². The van der Waals surface area contributed by atoms with Crippen LogP contribution in [0.1, 0.15) is 13.8 Å². The van der Waals surface area contributed by atoms with Crippen molar-refractivity contribution in [1.82, 2.24) is 24.1 Å². The summed E-state index contributed by atoms with van der Waals surface area (Å²) in [4.78, 5) is 13.5. The minimum absolute atomic E-state index is 0. The van der Waals surface area contributed by atoms with Crippen molar-refractivity contribution in [3.05, 3.63) is 43.0 Å². The molecular formula is C15H17Cl2N5V. The number of hydrogen-bond donors (Lipinski definition) is 0. The van der Waals surface area contributed by atoms with Crippen LogP contribution in [-0.2, 0) is 31.6 Å². The molecule has 5 nitrogen and oxygen atoms in total. The molecule has 8 heteroatoms. The summed E-state index contributed by atoms with van der Waals surface area (Å²) < 4.78 is 4.16. The Morgan fingerprint density at radius 3 is 1.65 bits per heavy atom. The molecule has 0 saturated heterocycles. The molecule has 3 heterocycles. The van der Waals surface area contributed by atoms with Gasteiger partial charge >= 0.3 is 18.6 Å². The van der Waals surface area contributed by atoms with Crippen molar-refractivity contribution in [3.63, 3.8) is 0 Å². The van der Waals surface area contributed by atoms with Crippen molar-refractivity contribution in [2.75, 3.05) is 0 Å². The van der Waals surface area contributed by atoms with Gasteiger partial charge in [-0.05, 0) is 26.0 Å². The van der Waals surface area contributed by atoms with Crippen molar-refractivity contribution in [2.45, 2.75) is 26.9 Å². The molecule has 23 heavy (non-hydrogen) atoms. The number of hydrogen-bond acceptors (Lipinski definition) is 3. The normalized spacial score (nSPS) is 9.48. The van der Waals surface area contributed by atoms with Crippen molar-refractivity contribution in [1.29, 1.82) is 0 Å². The number of nitrogens with zero attached hydrogens (tertiary/aromatic N) is 5. The van der Waals surface area contributed by atoms with Gasteiger partial charge in [0.2, 0.25) is 0 Å². The quantitative estimate of drug-likeness (QED) is 0.474. The third-order valence-corrected chi connectivity index (χ3v) is 3.32. The first kappa shape index (κ1) is 21.7. The van der Waals surface area contributed by atoms with Crippen LogP contribution >= 0.6 is 0 Å². The second-order valence-corrected chi connectivity index (χ2v) is 4.48. The van der Waals surface area contributed by atoms with Gasteiger partial charge in [0.25, 0.3) is 0 Å². The molecule has 0 atom stereocenters. The summed E-state index contributed by atoms with van der Waals surface area (Å²) in [6.45, 7) is 5.95. The fourth-order valence-electron chi connectivity index (χ4n) is 2.28. The van der Waals surface area contributed by atoms with Crippen LogP contribution in [-0.4, -0.2) is 24.1 Å². The van der Waals surface area contributed by atoms with E-state index >= 15 is 0 Å². The summed E-state index contributed by atoms with van der Waals surface area (Å²) in [5.74, 6) is 1.79. The molecule has 3 rings (SSSR count). The summed E-state index contributed by atoms with van der Waals surface area (Å²) in [5.41, 5.74) is 1.75. The summed E-state index contributed by atoms with van der Waals surface area (Å²) >= 11 is 0. The second kappa shape index (κ2) is 9.78. The Morgan fingerprint density at radius 1 is 0.826 bits per heavy atom. The smallest absolute Gasteiger partial charge is 1.00 e. The molecule has 121 valence electrons. The molecule has 3 aromatic rings. The van der Waals surface area contributed by atoms with E-state index < -0.39 is 0 Å². The zero-order valence-electron chi connectivity index (χ0n) is 12.9. The van der Waals surface area contributed by atoms with Crippen molar-refractivity contribution in [2.24, 2.45) is 0 Å². The van der Waals surface area contributed by atoms with E-state index in [1.807, 2.05) is 30.6 Å². The molecule has 1 radical (unpaired) electrons. The van der Waals surface area contributed by atoms with Gasteiger partial charge in [-0.1, -0.05) is 6.07 Å². The Balaban J connectivity index is 0.00000161. The van der Waals surface area contributed by atoms with E-state index in [1.54, 1.807) is 12.4 Å². The van der Waals surface area contributed by atoms with Crippen molar-refractivity contribution >= 4 is 0 Å². The minimum Gasteiger partial charge on any atom is -1.00 e. The molecule has 0 bridgehead atoms. The Kier molecular flexibility index (Phi) is 9.24. The molecule has 0 aliphatic carbocycles. The largest absolute Gasteiger partial charge is 2.00 e. The molecule has 0 saturated carbocycles. The second-order valence-electron chi connectivity index (χ2n) is 4.48. The molecule has 0 spiro atoms. The zero-order valence-corrected chi connectivity index (χ0v) is 15.8. The maximum Gasteiger partial charge on any atom is 2.00 e. The van der Waals surface area contributed by atoms with E-state index in [9.17, 15) is 0 Å². The Morgan fingerprint density at radius 2 is 1.26 bits per heavy atom. The van der Waals surface area contributed by atoms with Crippen LogP contribution in [0.5, 0.6) is 0 Å². The van der Waals surface area contributed by atoms with Gasteiger partial charge in [-0.3, -0.25) is 0 Å². The SMILES string of the molecule is CCn1ccnc1-c1cccc(-c2nccn2CC)n1.[Cl-].[Cl-].[V+2]. The fourth-order valence-corrected chi connectivity index (χ4v) is 2.28. The summed E-state index contributed by atoms with van der Waals surface area (Å²) in [7, 11) is 0. The third kappa shape index (κ3) is 4.39. The summed E-state index contributed by atoms with van der Waals surface area (Å²) in [6.07, 6.45) is 7.55. The maximum atomic E-state index is 4.71. The summed E-state index contributed by atoms with van der Waals surface area (Å²) in [5, 5.41) is 0. The first-order valence-electron chi connectivity index (χ1n) is 6.83. The van der Waals surface area contributed by atoms with Gasteiger partial charge in [0.15, 0.2) is 11.6 Å². The first-order valence-corrected chi connectivity index (χ1v) is 6.83. The molecule has 0 aromatic carbocycles. The molecular weight excluding hydrogens is 372 g/mol. The number of aromatic nitrogens is 5. The van der Waals surface area contributed by atoms with Crippen LogP contribution in [0.4, 0.5) is 0 Å². The molecule has 0 unspecified atom stereocenters. The van der Waals surface area contributed by atoms with Gasteiger partial charge in [0, 0.05) is 37.9 Å². The number of imidazole rings is 2. The molecule has 0 N–H and O–H groups in total. The molecule has 0 aliphatic rings. The maximum absolute atomic E-state index is 4.71. The number of pyridine rings is 1. The van der Waals surface area contributed by atoms with Gasteiger partial charge in [-0.2, -0.15) is 0 Å². The van der Waals surface area contributed by atoms with Gasteiger partial charge in [0.1, 0.15) is 11.4 Å². The topological polar surface area (TPSA) is 48.5 Å². The minimum atomic E-state index is 0.